The van der Waals surface area contributed by atoms with Gasteiger partial charge in [-0.15, -0.1) is 0 Å². The maximum absolute atomic E-state index is 10.9. The second-order valence-corrected chi connectivity index (χ2v) is 4.30. The maximum Gasteiger partial charge on any atom is 0.345 e. The van der Waals surface area contributed by atoms with Crippen LogP contribution in [-0.4, -0.2) is 34.7 Å². The van der Waals surface area contributed by atoms with Crippen LogP contribution in [0.2, 0.25) is 0 Å². The van der Waals surface area contributed by atoms with Crippen molar-refractivity contribution in [2.75, 3.05) is 11.5 Å². The average molecular weight is 234 g/mol. The third kappa shape index (κ3) is 7.25. The van der Waals surface area contributed by atoms with Crippen molar-refractivity contribution in [1.82, 2.24) is 0 Å². The molecule has 15 heavy (non-hydrogen) atoms. The highest BCUT2D eigenvalue weighted by Gasteiger charge is 2.20. The number of carboxylic acids is 1. The molecular formula is C10H18O4S. The highest BCUT2D eigenvalue weighted by molar-refractivity contribution is 7.99. The standard InChI is InChI=1S/C10H18O4S/c1-3-6-15-7-5-8(10(12)13)14-9(11)4-2/h8H,3-7H2,1-2H3,(H,12,13). The van der Waals surface area contributed by atoms with Gasteiger partial charge in [0.2, 0.25) is 0 Å². The molecular weight excluding hydrogens is 216 g/mol. The predicted molar refractivity (Wildman–Crippen MR) is 60.0 cm³/mol. The van der Waals surface area contributed by atoms with E-state index in [1.807, 2.05) is 0 Å². The molecule has 0 aromatic heterocycles. The number of thioether (sulfide) groups is 1. The smallest absolute Gasteiger partial charge is 0.345 e. The molecule has 0 saturated carbocycles. The van der Waals surface area contributed by atoms with Crippen LogP contribution >= 0.6 is 11.8 Å². The quantitative estimate of drug-likeness (QED) is 0.513. The van der Waals surface area contributed by atoms with Crippen molar-refractivity contribution in [2.24, 2.45) is 0 Å². The van der Waals surface area contributed by atoms with Gasteiger partial charge in [-0.2, -0.15) is 11.8 Å². The van der Waals surface area contributed by atoms with Crippen LogP contribution in [-0.2, 0) is 14.3 Å². The number of ether oxygens (including phenoxy) is 1. The van der Waals surface area contributed by atoms with Gasteiger partial charge in [-0.05, 0) is 17.9 Å². The first-order valence-corrected chi connectivity index (χ1v) is 6.27. The third-order valence-electron chi connectivity index (χ3n) is 1.71. The van der Waals surface area contributed by atoms with Gasteiger partial charge in [0.05, 0.1) is 0 Å². The Bertz CT molecular complexity index is 206. The Hall–Kier alpha value is -0.710. The summed E-state index contributed by atoms with van der Waals surface area (Å²) in [6, 6.07) is 0. The number of carbonyl (C=O) groups excluding carboxylic acids is 1. The Kier molecular flexibility index (Phi) is 8.18. The van der Waals surface area contributed by atoms with E-state index in [9.17, 15) is 9.59 Å². The minimum Gasteiger partial charge on any atom is -0.479 e. The summed E-state index contributed by atoms with van der Waals surface area (Å²) < 4.78 is 4.79. The minimum atomic E-state index is -1.06. The molecule has 0 heterocycles. The number of rotatable bonds is 8. The second kappa shape index (κ2) is 8.59. The zero-order chi connectivity index (χ0) is 11.7. The normalized spacial score (nSPS) is 12.1. The zero-order valence-electron chi connectivity index (χ0n) is 9.19. The Morgan fingerprint density at radius 1 is 1.33 bits per heavy atom. The highest BCUT2D eigenvalue weighted by Crippen LogP contribution is 2.09. The van der Waals surface area contributed by atoms with E-state index in [-0.39, 0.29) is 6.42 Å². The fraction of sp³-hybridized carbons (Fsp3) is 0.800. The monoisotopic (exact) mass is 234 g/mol. The molecule has 1 unspecified atom stereocenters. The number of carbonyl (C=O) groups is 2. The van der Waals surface area contributed by atoms with E-state index in [2.05, 4.69) is 6.92 Å². The van der Waals surface area contributed by atoms with E-state index in [0.717, 1.165) is 12.2 Å². The summed E-state index contributed by atoms with van der Waals surface area (Å²) in [5.41, 5.74) is 0. The van der Waals surface area contributed by atoms with Crippen LogP contribution in [0.25, 0.3) is 0 Å². The highest BCUT2D eigenvalue weighted by atomic mass is 32.2. The van der Waals surface area contributed by atoms with Gasteiger partial charge in [-0.1, -0.05) is 13.8 Å². The topological polar surface area (TPSA) is 63.6 Å². The molecule has 0 rings (SSSR count). The molecule has 0 fully saturated rings. The Labute approximate surface area is 94.4 Å². The molecule has 1 atom stereocenters. The van der Waals surface area contributed by atoms with Crippen LogP contribution < -0.4 is 0 Å². The van der Waals surface area contributed by atoms with Gasteiger partial charge in [0.1, 0.15) is 0 Å². The number of hydrogen-bond acceptors (Lipinski definition) is 4. The van der Waals surface area contributed by atoms with Crippen molar-refractivity contribution in [3.05, 3.63) is 0 Å². The van der Waals surface area contributed by atoms with E-state index in [1.54, 1.807) is 18.7 Å². The first-order chi connectivity index (χ1) is 7.11. The lowest BCUT2D eigenvalue weighted by atomic mass is 10.3. The van der Waals surface area contributed by atoms with Crippen molar-refractivity contribution in [3.63, 3.8) is 0 Å². The van der Waals surface area contributed by atoms with E-state index in [1.165, 1.54) is 0 Å². The Morgan fingerprint density at radius 3 is 2.47 bits per heavy atom. The zero-order valence-corrected chi connectivity index (χ0v) is 10.0. The largest absolute Gasteiger partial charge is 0.479 e. The molecule has 0 aromatic rings. The summed E-state index contributed by atoms with van der Waals surface area (Å²) in [5, 5.41) is 8.79. The van der Waals surface area contributed by atoms with Crippen molar-refractivity contribution >= 4 is 23.7 Å². The Morgan fingerprint density at radius 2 is 2.00 bits per heavy atom. The van der Waals surface area contributed by atoms with E-state index >= 15 is 0 Å². The molecule has 0 amide bonds. The molecule has 0 saturated heterocycles. The van der Waals surface area contributed by atoms with Gasteiger partial charge >= 0.3 is 11.9 Å². The SMILES string of the molecule is CCCSCCC(OC(=O)CC)C(=O)O. The fourth-order valence-electron chi connectivity index (χ4n) is 0.912. The summed E-state index contributed by atoms with van der Waals surface area (Å²) in [7, 11) is 0. The number of hydrogen-bond donors (Lipinski definition) is 1. The average Bonchev–Trinajstić information content (AvgIpc) is 2.21. The first-order valence-electron chi connectivity index (χ1n) is 5.11. The molecule has 0 radical (unpaired) electrons. The minimum absolute atomic E-state index is 0.214. The fourth-order valence-corrected chi connectivity index (χ4v) is 1.79. The van der Waals surface area contributed by atoms with Crippen LogP contribution in [0.15, 0.2) is 0 Å². The number of aliphatic carboxylic acids is 1. The summed E-state index contributed by atoms with van der Waals surface area (Å²) in [4.78, 5) is 21.7. The molecule has 0 aliphatic heterocycles. The van der Waals surface area contributed by atoms with Gasteiger partial charge in [0.15, 0.2) is 6.10 Å². The van der Waals surface area contributed by atoms with E-state index in [0.29, 0.717) is 12.2 Å². The maximum atomic E-state index is 10.9. The molecule has 0 aromatic carbocycles. The lowest BCUT2D eigenvalue weighted by Crippen LogP contribution is -2.27. The summed E-state index contributed by atoms with van der Waals surface area (Å²) in [5.74, 6) is 0.201. The molecule has 1 N–H and O–H groups in total. The van der Waals surface area contributed by atoms with Crippen molar-refractivity contribution in [3.8, 4) is 0 Å². The first kappa shape index (κ1) is 14.3. The second-order valence-electron chi connectivity index (χ2n) is 3.07. The van der Waals surface area contributed by atoms with Crippen molar-refractivity contribution < 1.29 is 19.4 Å². The molecule has 0 bridgehead atoms. The van der Waals surface area contributed by atoms with Gasteiger partial charge in [0, 0.05) is 12.8 Å². The van der Waals surface area contributed by atoms with Gasteiger partial charge < -0.3 is 9.84 Å². The number of carboxylic acid groups (broad SMARTS) is 1. The number of esters is 1. The van der Waals surface area contributed by atoms with E-state index < -0.39 is 18.0 Å². The molecule has 5 heteroatoms. The summed E-state index contributed by atoms with van der Waals surface area (Å²) in [6.07, 6.45) is 0.677. The van der Waals surface area contributed by atoms with Crippen molar-refractivity contribution in [2.45, 2.75) is 39.2 Å². The predicted octanol–water partition coefficient (Wildman–Crippen LogP) is 1.93. The lowest BCUT2D eigenvalue weighted by Gasteiger charge is -2.12. The molecule has 0 spiro atoms. The summed E-state index contributed by atoms with van der Waals surface area (Å²) in [6.45, 7) is 3.71. The van der Waals surface area contributed by atoms with Gasteiger partial charge in [-0.25, -0.2) is 4.79 Å². The molecule has 0 aliphatic carbocycles. The third-order valence-corrected chi connectivity index (χ3v) is 2.93. The van der Waals surface area contributed by atoms with Crippen molar-refractivity contribution in [1.29, 1.82) is 0 Å². The van der Waals surface area contributed by atoms with Crippen LogP contribution in [0.3, 0.4) is 0 Å². The van der Waals surface area contributed by atoms with Crippen LogP contribution in [0, 0.1) is 0 Å². The molecule has 0 aliphatic rings. The van der Waals surface area contributed by atoms with Gasteiger partial charge in [0.25, 0.3) is 0 Å². The van der Waals surface area contributed by atoms with Crippen LogP contribution in [0.1, 0.15) is 33.1 Å². The molecule has 88 valence electrons. The Balaban J connectivity index is 3.84. The van der Waals surface area contributed by atoms with Crippen LogP contribution in [0.5, 0.6) is 0 Å². The lowest BCUT2D eigenvalue weighted by molar-refractivity contribution is -0.163. The van der Waals surface area contributed by atoms with E-state index in [4.69, 9.17) is 9.84 Å². The molecule has 4 nitrogen and oxygen atoms in total. The van der Waals surface area contributed by atoms with Crippen LogP contribution in [0.4, 0.5) is 0 Å². The summed E-state index contributed by atoms with van der Waals surface area (Å²) >= 11 is 1.68. The van der Waals surface area contributed by atoms with Gasteiger partial charge in [-0.3, -0.25) is 4.79 Å².